The Morgan fingerprint density at radius 2 is 2.28 bits per heavy atom. The summed E-state index contributed by atoms with van der Waals surface area (Å²) in [4.78, 5) is 16.1. The van der Waals surface area contributed by atoms with E-state index in [-0.39, 0.29) is 11.8 Å². The van der Waals surface area contributed by atoms with Gasteiger partial charge in [0.05, 0.1) is 25.4 Å². The summed E-state index contributed by atoms with van der Waals surface area (Å²) in [6.07, 6.45) is 4.21. The molecule has 1 fully saturated rings. The van der Waals surface area contributed by atoms with E-state index in [4.69, 9.17) is 19.7 Å². The lowest BCUT2D eigenvalue weighted by Crippen LogP contribution is -2.45. The van der Waals surface area contributed by atoms with Gasteiger partial charge in [0.15, 0.2) is 11.3 Å². The number of esters is 1. The molecule has 1 heterocycles. The van der Waals surface area contributed by atoms with Crippen LogP contribution in [0.2, 0.25) is 0 Å². The number of nitrogens with zero attached hydrogens (tertiary/aromatic N) is 3. The van der Waals surface area contributed by atoms with Gasteiger partial charge < -0.3 is 9.15 Å². The zero-order valence-corrected chi connectivity index (χ0v) is 9.79. The molecule has 0 radical (unpaired) electrons. The van der Waals surface area contributed by atoms with Crippen LogP contribution in [0.5, 0.6) is 0 Å². The third-order valence-corrected chi connectivity index (χ3v) is 3.24. The second kappa shape index (κ2) is 4.50. The maximum atomic E-state index is 12.1. The molecule has 0 saturated heterocycles. The summed E-state index contributed by atoms with van der Waals surface area (Å²) >= 11 is 0. The van der Waals surface area contributed by atoms with Gasteiger partial charge in [-0.05, 0) is 18.8 Å². The molecule has 0 bridgehead atoms. The molecule has 1 aromatic heterocycles. The Labute approximate surface area is 104 Å². The van der Waals surface area contributed by atoms with Gasteiger partial charge in [-0.2, -0.15) is 10.5 Å². The molecule has 1 aliphatic rings. The van der Waals surface area contributed by atoms with Crippen molar-refractivity contribution in [1.29, 1.82) is 10.5 Å². The van der Waals surface area contributed by atoms with Gasteiger partial charge in [-0.1, -0.05) is 0 Å². The second-order valence-corrected chi connectivity index (χ2v) is 4.16. The molecule has 0 amide bonds. The fourth-order valence-corrected chi connectivity index (χ4v) is 2.27. The average Bonchev–Trinajstić information content (AvgIpc) is 3.10. The molecule has 18 heavy (non-hydrogen) atoms. The van der Waals surface area contributed by atoms with Gasteiger partial charge in [0.25, 0.3) is 0 Å². The molecule has 6 nitrogen and oxygen atoms in total. The number of oxazole rings is 1. The molecule has 1 saturated carbocycles. The minimum Gasteiger partial charge on any atom is -0.468 e. The summed E-state index contributed by atoms with van der Waals surface area (Å²) in [6, 6.07) is 3.71. The van der Waals surface area contributed by atoms with E-state index in [1.54, 1.807) is 0 Å². The lowest BCUT2D eigenvalue weighted by Gasteiger charge is -2.28. The Kier molecular flexibility index (Phi) is 3.03. The molecule has 2 rings (SSSR count). The first kappa shape index (κ1) is 12.1. The molecule has 0 unspecified atom stereocenters. The lowest BCUT2D eigenvalue weighted by atomic mass is 9.72. The molecule has 1 atom stereocenters. The molecule has 92 valence electrons. The van der Waals surface area contributed by atoms with Crippen molar-refractivity contribution >= 4 is 5.97 Å². The SMILES string of the molecule is COC(=O)[C@@](c1ncco1)(C(C#N)C#N)C1CC1. The summed E-state index contributed by atoms with van der Waals surface area (Å²) in [5, 5.41) is 18.3. The normalized spacial score (nSPS) is 17.6. The van der Waals surface area contributed by atoms with Crippen molar-refractivity contribution in [2.24, 2.45) is 11.8 Å². The van der Waals surface area contributed by atoms with Crippen molar-refractivity contribution in [3.63, 3.8) is 0 Å². The predicted molar refractivity (Wildman–Crippen MR) is 57.6 cm³/mol. The van der Waals surface area contributed by atoms with Gasteiger partial charge in [-0.15, -0.1) is 0 Å². The van der Waals surface area contributed by atoms with Crippen LogP contribution >= 0.6 is 0 Å². The average molecular weight is 245 g/mol. The highest BCUT2D eigenvalue weighted by Crippen LogP contribution is 2.51. The zero-order chi connectivity index (χ0) is 13.2. The van der Waals surface area contributed by atoms with Crippen molar-refractivity contribution in [1.82, 2.24) is 4.98 Å². The quantitative estimate of drug-likeness (QED) is 0.738. The van der Waals surface area contributed by atoms with Crippen LogP contribution in [0.15, 0.2) is 16.9 Å². The van der Waals surface area contributed by atoms with Crippen molar-refractivity contribution in [3.8, 4) is 12.1 Å². The van der Waals surface area contributed by atoms with Gasteiger partial charge in [0.2, 0.25) is 5.89 Å². The largest absolute Gasteiger partial charge is 0.468 e. The molecule has 1 aliphatic carbocycles. The fraction of sp³-hybridized carbons (Fsp3) is 0.500. The first-order valence-corrected chi connectivity index (χ1v) is 5.49. The van der Waals surface area contributed by atoms with Crippen LogP contribution in [0, 0.1) is 34.5 Å². The highest BCUT2D eigenvalue weighted by molar-refractivity contribution is 5.84. The maximum absolute atomic E-state index is 12.1. The summed E-state index contributed by atoms with van der Waals surface area (Å²) < 4.78 is 9.98. The monoisotopic (exact) mass is 245 g/mol. The first-order valence-electron chi connectivity index (χ1n) is 5.49. The van der Waals surface area contributed by atoms with E-state index in [2.05, 4.69) is 4.98 Å². The number of hydrogen-bond acceptors (Lipinski definition) is 6. The molecule has 1 aromatic rings. The minimum absolute atomic E-state index is 0.0879. The number of methoxy groups -OCH3 is 1. The van der Waals surface area contributed by atoms with Gasteiger partial charge in [-0.25, -0.2) is 4.98 Å². The van der Waals surface area contributed by atoms with E-state index in [0.717, 1.165) is 12.8 Å². The van der Waals surface area contributed by atoms with Crippen LogP contribution in [0.25, 0.3) is 0 Å². The van der Waals surface area contributed by atoms with Crippen LogP contribution in [0.3, 0.4) is 0 Å². The van der Waals surface area contributed by atoms with Gasteiger partial charge in [0, 0.05) is 0 Å². The Bertz CT molecular complexity index is 508. The van der Waals surface area contributed by atoms with Crippen LogP contribution < -0.4 is 0 Å². The van der Waals surface area contributed by atoms with Crippen LogP contribution in [-0.2, 0) is 14.9 Å². The number of carbonyl (C=O) groups is 1. The topological polar surface area (TPSA) is 99.9 Å². The standard InChI is InChI=1S/C12H11N3O3/c1-17-11(16)12(8-2-3-8,9(6-13)7-14)10-15-4-5-18-10/h4-5,8-9H,2-3H2,1H3/t12-/m1/s1. The van der Waals surface area contributed by atoms with Crippen LogP contribution in [0.4, 0.5) is 0 Å². The van der Waals surface area contributed by atoms with E-state index in [1.165, 1.54) is 19.6 Å². The molecule has 0 spiro atoms. The number of rotatable bonds is 4. The number of nitriles is 2. The number of hydrogen-bond donors (Lipinski definition) is 0. The van der Waals surface area contributed by atoms with E-state index < -0.39 is 17.3 Å². The molecule has 0 N–H and O–H groups in total. The first-order chi connectivity index (χ1) is 8.71. The van der Waals surface area contributed by atoms with E-state index in [9.17, 15) is 4.79 Å². The summed E-state index contributed by atoms with van der Waals surface area (Å²) in [7, 11) is 1.23. The highest BCUT2D eigenvalue weighted by Gasteiger charge is 2.62. The Balaban J connectivity index is 2.60. The van der Waals surface area contributed by atoms with Gasteiger partial charge in [-0.3, -0.25) is 4.79 Å². The number of ether oxygens (including phenoxy) is 1. The molecular formula is C12H11N3O3. The second-order valence-electron chi connectivity index (χ2n) is 4.16. The summed E-state index contributed by atoms with van der Waals surface area (Å²) in [5.74, 6) is -1.85. The van der Waals surface area contributed by atoms with Crippen molar-refractivity contribution in [2.45, 2.75) is 18.3 Å². The van der Waals surface area contributed by atoms with Crippen molar-refractivity contribution in [2.75, 3.05) is 7.11 Å². The van der Waals surface area contributed by atoms with Gasteiger partial charge >= 0.3 is 5.97 Å². The summed E-state index contributed by atoms with van der Waals surface area (Å²) in [5.41, 5.74) is -1.40. The highest BCUT2D eigenvalue weighted by atomic mass is 16.5. The van der Waals surface area contributed by atoms with Crippen molar-refractivity contribution in [3.05, 3.63) is 18.4 Å². The third kappa shape index (κ3) is 1.54. The van der Waals surface area contributed by atoms with E-state index >= 15 is 0 Å². The Morgan fingerprint density at radius 1 is 1.61 bits per heavy atom. The smallest absolute Gasteiger partial charge is 0.324 e. The minimum atomic E-state index is -1.40. The van der Waals surface area contributed by atoms with Crippen LogP contribution in [0.1, 0.15) is 18.7 Å². The maximum Gasteiger partial charge on any atom is 0.324 e. The molecule has 6 heteroatoms. The number of carbonyl (C=O) groups excluding carboxylic acids is 1. The fourth-order valence-electron chi connectivity index (χ4n) is 2.27. The van der Waals surface area contributed by atoms with Gasteiger partial charge in [0.1, 0.15) is 6.26 Å². The third-order valence-electron chi connectivity index (χ3n) is 3.24. The Hall–Kier alpha value is -2.34. The van der Waals surface area contributed by atoms with Crippen LogP contribution in [-0.4, -0.2) is 18.1 Å². The van der Waals surface area contributed by atoms with Crippen molar-refractivity contribution < 1.29 is 13.9 Å². The Morgan fingerprint density at radius 3 is 2.67 bits per heavy atom. The molecule has 0 aliphatic heterocycles. The predicted octanol–water partition coefficient (Wildman–Crippen LogP) is 1.16. The number of aromatic nitrogens is 1. The molecular weight excluding hydrogens is 234 g/mol. The zero-order valence-electron chi connectivity index (χ0n) is 9.79. The lowest BCUT2D eigenvalue weighted by molar-refractivity contribution is -0.150. The van der Waals surface area contributed by atoms with E-state index in [0.29, 0.717) is 0 Å². The molecule has 0 aromatic carbocycles. The van der Waals surface area contributed by atoms with E-state index in [1.807, 2.05) is 12.1 Å². The summed E-state index contributed by atoms with van der Waals surface area (Å²) in [6.45, 7) is 0.